The number of nitrogens with one attached hydrogen (secondary N) is 1. The molecule has 0 aliphatic rings. The molecule has 27 heavy (non-hydrogen) atoms. The summed E-state index contributed by atoms with van der Waals surface area (Å²) in [6.07, 6.45) is 2.01. The van der Waals surface area contributed by atoms with Crippen molar-refractivity contribution in [2.75, 3.05) is 18.1 Å². The minimum atomic E-state index is -0.518. The summed E-state index contributed by atoms with van der Waals surface area (Å²) in [5, 5.41) is 19.6. The first-order valence-corrected chi connectivity index (χ1v) is 9.33. The Balaban J connectivity index is 2.49. The SMILES string of the molecule is CCCCOc1ccc(-c2c(C#N)c(N)[nH+]c(SCC(N)=O)c2C#N)cc1. The lowest BCUT2D eigenvalue weighted by atomic mass is 9.97. The van der Waals surface area contributed by atoms with Crippen molar-refractivity contribution >= 4 is 23.5 Å². The maximum Gasteiger partial charge on any atom is 0.289 e. The van der Waals surface area contributed by atoms with Crippen LogP contribution < -0.4 is 21.2 Å². The number of H-pyrrole nitrogens is 1. The lowest BCUT2D eigenvalue weighted by molar-refractivity contribution is -0.410. The Hall–Kier alpha value is -3.23. The molecule has 0 saturated carbocycles. The Kier molecular flexibility index (Phi) is 7.04. The lowest BCUT2D eigenvalue weighted by Crippen LogP contribution is -2.20. The van der Waals surface area contributed by atoms with Crippen molar-refractivity contribution in [2.45, 2.75) is 24.8 Å². The van der Waals surface area contributed by atoms with Crippen molar-refractivity contribution < 1.29 is 14.5 Å². The van der Waals surface area contributed by atoms with Crippen LogP contribution in [0.1, 0.15) is 30.9 Å². The number of benzene rings is 1. The molecule has 1 aromatic heterocycles. The minimum Gasteiger partial charge on any atom is -0.494 e. The first kappa shape index (κ1) is 20.1. The highest BCUT2D eigenvalue weighted by Gasteiger charge is 2.24. The van der Waals surface area contributed by atoms with Crippen LogP contribution in [-0.4, -0.2) is 18.3 Å². The molecular weight excluding hydrogens is 362 g/mol. The fourth-order valence-electron chi connectivity index (χ4n) is 2.44. The third-order valence-electron chi connectivity index (χ3n) is 3.74. The average Bonchev–Trinajstić information content (AvgIpc) is 2.66. The second kappa shape index (κ2) is 9.46. The van der Waals surface area contributed by atoms with Gasteiger partial charge in [-0.25, -0.2) is 4.98 Å². The predicted molar refractivity (Wildman–Crippen MR) is 103 cm³/mol. The molecule has 8 heteroatoms. The van der Waals surface area contributed by atoms with Gasteiger partial charge >= 0.3 is 0 Å². The highest BCUT2D eigenvalue weighted by Crippen LogP contribution is 2.34. The van der Waals surface area contributed by atoms with Crippen LogP contribution in [0.15, 0.2) is 29.3 Å². The number of aromatic nitrogens is 1. The zero-order valence-corrected chi connectivity index (χ0v) is 15.7. The van der Waals surface area contributed by atoms with Crippen LogP contribution in [0, 0.1) is 22.7 Å². The maximum atomic E-state index is 11.1. The number of hydrogen-bond acceptors (Lipinski definition) is 6. The number of primary amides is 1. The van der Waals surface area contributed by atoms with E-state index in [4.69, 9.17) is 16.2 Å². The van der Waals surface area contributed by atoms with Gasteiger partial charge in [0.25, 0.3) is 5.82 Å². The molecule has 1 aromatic carbocycles. The smallest absolute Gasteiger partial charge is 0.289 e. The van der Waals surface area contributed by atoms with E-state index in [1.165, 1.54) is 0 Å². The van der Waals surface area contributed by atoms with Gasteiger partial charge in [0, 0.05) is 5.56 Å². The quantitative estimate of drug-likeness (QED) is 0.530. The van der Waals surface area contributed by atoms with Crippen molar-refractivity contribution in [1.29, 1.82) is 10.5 Å². The lowest BCUT2D eigenvalue weighted by Gasteiger charge is -2.11. The van der Waals surface area contributed by atoms with Gasteiger partial charge in [-0.3, -0.25) is 10.5 Å². The molecule has 2 rings (SSSR count). The molecule has 0 aliphatic heterocycles. The molecule has 0 aliphatic carbocycles. The number of hydrogen-bond donors (Lipinski definition) is 2. The summed E-state index contributed by atoms with van der Waals surface area (Å²) >= 11 is 1.07. The Labute approximate surface area is 161 Å². The summed E-state index contributed by atoms with van der Waals surface area (Å²) in [7, 11) is 0. The fraction of sp³-hybridized carbons (Fsp3) is 0.263. The third kappa shape index (κ3) is 4.90. The van der Waals surface area contributed by atoms with Gasteiger partial charge in [0.05, 0.1) is 12.4 Å². The number of carbonyl (C=O) groups is 1. The van der Waals surface area contributed by atoms with Crippen LogP contribution in [0.2, 0.25) is 0 Å². The molecular formula is C19H20N5O2S+. The number of nitrogen functional groups attached to an aromatic ring is 1. The molecule has 0 unspecified atom stereocenters. The minimum absolute atomic E-state index is 0.0137. The predicted octanol–water partition coefficient (Wildman–Crippen LogP) is 2.25. The van der Waals surface area contributed by atoms with E-state index in [-0.39, 0.29) is 22.7 Å². The number of nitriles is 2. The number of ether oxygens (including phenoxy) is 1. The second-order valence-corrected chi connectivity index (χ2v) is 6.68. The van der Waals surface area contributed by atoms with Crippen LogP contribution in [0.25, 0.3) is 11.1 Å². The molecule has 2 aromatic rings. The summed E-state index contributed by atoms with van der Waals surface area (Å²) in [5.74, 6) is 0.306. The molecule has 1 heterocycles. The Morgan fingerprint density at radius 3 is 2.44 bits per heavy atom. The topological polar surface area (TPSA) is 140 Å². The molecule has 0 atom stereocenters. The van der Waals surface area contributed by atoms with Crippen molar-refractivity contribution in [3.8, 4) is 29.0 Å². The van der Waals surface area contributed by atoms with Crippen LogP contribution >= 0.6 is 11.8 Å². The van der Waals surface area contributed by atoms with Crippen molar-refractivity contribution in [2.24, 2.45) is 5.73 Å². The van der Waals surface area contributed by atoms with Gasteiger partial charge < -0.3 is 10.5 Å². The number of unbranched alkanes of at least 4 members (excludes halogenated alkanes) is 1. The van der Waals surface area contributed by atoms with Crippen LogP contribution in [0.5, 0.6) is 5.75 Å². The van der Waals surface area contributed by atoms with E-state index in [1.807, 2.05) is 6.07 Å². The summed E-state index contributed by atoms with van der Waals surface area (Å²) in [6.45, 7) is 2.72. The maximum absolute atomic E-state index is 11.1. The normalized spacial score (nSPS) is 10.0. The van der Waals surface area contributed by atoms with Crippen LogP contribution in [-0.2, 0) is 4.79 Å². The standard InChI is InChI=1S/C19H19N5O2S/c1-2-3-8-26-13-6-4-12(5-7-13)17-14(9-20)18(23)24-19(15(17)10-21)27-11-16(22)25/h4-7H,2-3,8,11H2,1H3,(H2,22,25)(H2,23,24)/p+1. The van der Waals surface area contributed by atoms with Gasteiger partial charge in [-0.15, -0.1) is 0 Å². The Morgan fingerprint density at radius 1 is 1.22 bits per heavy atom. The number of carbonyl (C=O) groups excluding carboxylic acids is 1. The molecule has 7 nitrogen and oxygen atoms in total. The monoisotopic (exact) mass is 382 g/mol. The van der Waals surface area contributed by atoms with Crippen molar-refractivity contribution in [1.82, 2.24) is 0 Å². The Bertz CT molecular complexity index is 914. The van der Waals surface area contributed by atoms with E-state index in [0.717, 1.165) is 24.6 Å². The highest BCUT2D eigenvalue weighted by atomic mass is 32.2. The number of amides is 1. The van der Waals surface area contributed by atoms with Gasteiger partial charge in [-0.1, -0.05) is 37.2 Å². The summed E-state index contributed by atoms with van der Waals surface area (Å²) in [5.41, 5.74) is 12.7. The number of thioether (sulfide) groups is 1. The van der Waals surface area contributed by atoms with E-state index in [2.05, 4.69) is 18.0 Å². The molecule has 1 amide bonds. The summed E-state index contributed by atoms with van der Waals surface area (Å²) < 4.78 is 5.65. The average molecular weight is 382 g/mol. The first-order chi connectivity index (χ1) is 13.0. The van der Waals surface area contributed by atoms with Gasteiger partial charge in [-0.05, 0) is 24.1 Å². The van der Waals surface area contributed by atoms with Gasteiger partial charge in [-0.2, -0.15) is 10.5 Å². The highest BCUT2D eigenvalue weighted by molar-refractivity contribution is 7.99. The number of anilines is 1. The van der Waals surface area contributed by atoms with Crippen LogP contribution in [0.4, 0.5) is 5.82 Å². The molecule has 0 bridgehead atoms. The van der Waals surface area contributed by atoms with Crippen molar-refractivity contribution in [3.05, 3.63) is 35.4 Å². The zero-order chi connectivity index (χ0) is 19.8. The number of aromatic amines is 1. The van der Waals surface area contributed by atoms with Gasteiger partial charge in [0.15, 0.2) is 5.03 Å². The van der Waals surface area contributed by atoms with Gasteiger partial charge in [0.2, 0.25) is 5.91 Å². The van der Waals surface area contributed by atoms with E-state index in [1.54, 1.807) is 24.3 Å². The van der Waals surface area contributed by atoms with E-state index < -0.39 is 5.91 Å². The van der Waals surface area contributed by atoms with E-state index in [9.17, 15) is 15.3 Å². The summed E-state index contributed by atoms with van der Waals surface area (Å²) in [4.78, 5) is 13.9. The molecule has 0 saturated heterocycles. The molecule has 138 valence electrons. The van der Waals surface area contributed by atoms with E-state index >= 15 is 0 Å². The number of nitrogens with two attached hydrogens (primary N) is 2. The molecule has 0 fully saturated rings. The third-order valence-corrected chi connectivity index (χ3v) is 4.76. The van der Waals surface area contributed by atoms with E-state index in [0.29, 0.717) is 28.5 Å². The van der Waals surface area contributed by atoms with Crippen LogP contribution in [0.3, 0.4) is 0 Å². The zero-order valence-electron chi connectivity index (χ0n) is 14.9. The fourth-order valence-corrected chi connectivity index (χ4v) is 3.20. The number of nitrogens with zero attached hydrogens (tertiary/aromatic N) is 2. The molecule has 5 N–H and O–H groups in total. The molecule has 0 radical (unpaired) electrons. The second-order valence-electron chi connectivity index (χ2n) is 5.70. The summed E-state index contributed by atoms with van der Waals surface area (Å²) in [6, 6.07) is 11.3. The number of rotatable bonds is 8. The van der Waals surface area contributed by atoms with Crippen molar-refractivity contribution in [3.63, 3.8) is 0 Å². The number of pyridine rings is 1. The molecule has 0 spiro atoms. The Morgan fingerprint density at radius 2 is 1.89 bits per heavy atom. The first-order valence-electron chi connectivity index (χ1n) is 8.35. The largest absolute Gasteiger partial charge is 0.494 e. The van der Waals surface area contributed by atoms with Gasteiger partial charge in [0.1, 0.15) is 29.0 Å².